The van der Waals surface area contributed by atoms with Gasteiger partial charge in [0.05, 0.1) is 12.8 Å². The Labute approximate surface area is 149 Å². The molecule has 2 aromatic carbocycles. The molecule has 3 nitrogen and oxygen atoms in total. The van der Waals surface area contributed by atoms with Crippen molar-refractivity contribution < 1.29 is 9.13 Å². The monoisotopic (exact) mass is 350 g/mol. The lowest BCUT2D eigenvalue weighted by Gasteiger charge is -2.04. The molecule has 0 atom stereocenters. The summed E-state index contributed by atoms with van der Waals surface area (Å²) in [5.74, 6) is 0.594. The Morgan fingerprint density at radius 3 is 2.60 bits per heavy atom. The second kappa shape index (κ2) is 6.61. The Morgan fingerprint density at radius 2 is 1.80 bits per heavy atom. The van der Waals surface area contributed by atoms with E-state index in [-0.39, 0.29) is 5.82 Å². The second-order valence-electron chi connectivity index (χ2n) is 5.54. The zero-order valence-electron chi connectivity index (χ0n) is 13.5. The quantitative estimate of drug-likeness (QED) is 0.500. The van der Waals surface area contributed by atoms with E-state index < -0.39 is 0 Å². The van der Waals surface area contributed by atoms with Gasteiger partial charge in [-0.3, -0.25) is 0 Å². The third-order valence-corrected chi connectivity index (χ3v) is 4.81. The Hall–Kier alpha value is -2.79. The number of fused-ring (bicyclic) bond motifs is 1. The number of ether oxygens (including phenoxy) is 1. The van der Waals surface area contributed by atoms with Crippen molar-refractivity contribution in [3.63, 3.8) is 0 Å². The average Bonchev–Trinajstić information content (AvgIpc) is 3.06. The second-order valence-corrected chi connectivity index (χ2v) is 6.69. The molecule has 0 fully saturated rings. The highest BCUT2D eigenvalue weighted by atomic mass is 32.2. The molecule has 0 unspecified atom stereocenters. The highest BCUT2D eigenvalue weighted by Crippen LogP contribution is 2.30. The number of halogens is 1. The molecule has 2 aromatic heterocycles. The van der Waals surface area contributed by atoms with E-state index in [0.29, 0.717) is 0 Å². The normalized spacial score (nSPS) is 11.0. The van der Waals surface area contributed by atoms with Gasteiger partial charge >= 0.3 is 0 Å². The van der Waals surface area contributed by atoms with Crippen LogP contribution in [0.3, 0.4) is 0 Å². The van der Waals surface area contributed by atoms with E-state index in [1.54, 1.807) is 31.0 Å². The van der Waals surface area contributed by atoms with Crippen molar-refractivity contribution in [3.05, 3.63) is 78.9 Å². The van der Waals surface area contributed by atoms with Crippen LogP contribution < -0.4 is 4.74 Å². The molecule has 0 amide bonds. The summed E-state index contributed by atoms with van der Waals surface area (Å²) in [5.41, 5.74) is 2.57. The molecule has 0 saturated carbocycles. The van der Waals surface area contributed by atoms with E-state index in [1.807, 2.05) is 47.1 Å². The summed E-state index contributed by atoms with van der Waals surface area (Å²) in [6.07, 6.45) is 4.00. The maximum Gasteiger partial charge on any atom is 0.137 e. The van der Waals surface area contributed by atoms with Crippen molar-refractivity contribution in [2.75, 3.05) is 7.11 Å². The van der Waals surface area contributed by atoms with Crippen molar-refractivity contribution in [1.29, 1.82) is 0 Å². The van der Waals surface area contributed by atoms with Crippen LogP contribution in [0.4, 0.5) is 4.39 Å². The number of aromatic nitrogens is 2. The third-order valence-electron chi connectivity index (χ3n) is 3.84. The molecule has 2 heterocycles. The van der Waals surface area contributed by atoms with Crippen molar-refractivity contribution in [1.82, 2.24) is 9.38 Å². The van der Waals surface area contributed by atoms with Gasteiger partial charge in [0, 0.05) is 27.7 Å². The molecule has 0 spiro atoms. The van der Waals surface area contributed by atoms with Gasteiger partial charge in [0.15, 0.2) is 0 Å². The summed E-state index contributed by atoms with van der Waals surface area (Å²) < 4.78 is 20.3. The third kappa shape index (κ3) is 3.37. The zero-order valence-corrected chi connectivity index (χ0v) is 14.3. The van der Waals surface area contributed by atoms with Crippen molar-refractivity contribution in [2.45, 2.75) is 9.79 Å². The molecule has 124 valence electrons. The first-order chi connectivity index (χ1) is 12.2. The summed E-state index contributed by atoms with van der Waals surface area (Å²) in [4.78, 5) is 6.81. The van der Waals surface area contributed by atoms with Crippen LogP contribution in [-0.2, 0) is 0 Å². The van der Waals surface area contributed by atoms with Crippen molar-refractivity contribution >= 4 is 17.4 Å². The van der Waals surface area contributed by atoms with E-state index in [2.05, 4.69) is 11.1 Å². The molecule has 0 radical (unpaired) electrons. The van der Waals surface area contributed by atoms with Crippen LogP contribution in [0.15, 0.2) is 82.8 Å². The number of imidazole rings is 1. The Kier molecular flexibility index (Phi) is 4.15. The maximum atomic E-state index is 13.1. The fraction of sp³-hybridized carbons (Fsp3) is 0.0500. The van der Waals surface area contributed by atoms with Gasteiger partial charge in [-0.15, -0.1) is 0 Å². The molecular formula is C20H15FN2OS. The highest BCUT2D eigenvalue weighted by Gasteiger charge is 2.06. The topological polar surface area (TPSA) is 26.5 Å². The molecule has 5 heteroatoms. The lowest BCUT2D eigenvalue weighted by atomic mass is 10.2. The van der Waals surface area contributed by atoms with E-state index in [0.717, 1.165) is 32.4 Å². The van der Waals surface area contributed by atoms with Gasteiger partial charge in [-0.25, -0.2) is 9.37 Å². The number of benzene rings is 2. The van der Waals surface area contributed by atoms with E-state index in [9.17, 15) is 4.39 Å². The minimum absolute atomic E-state index is 0.246. The fourth-order valence-corrected chi connectivity index (χ4v) is 3.49. The predicted molar refractivity (Wildman–Crippen MR) is 97.7 cm³/mol. The van der Waals surface area contributed by atoms with Crippen LogP contribution in [0.2, 0.25) is 0 Å². The molecule has 0 saturated heterocycles. The number of rotatable bonds is 4. The summed E-state index contributed by atoms with van der Waals surface area (Å²) in [6.45, 7) is 0. The SMILES string of the molecule is COc1cccc(Sc2ccc3nc(-c4ccc(F)cc4)cn3c2)c1. The molecule has 25 heavy (non-hydrogen) atoms. The first kappa shape index (κ1) is 15.7. The van der Waals surface area contributed by atoms with Gasteiger partial charge in [0.1, 0.15) is 17.2 Å². The largest absolute Gasteiger partial charge is 0.497 e. The predicted octanol–water partition coefficient (Wildman–Crippen LogP) is 5.30. The molecule has 0 bridgehead atoms. The van der Waals surface area contributed by atoms with Crippen molar-refractivity contribution in [3.8, 4) is 17.0 Å². The minimum Gasteiger partial charge on any atom is -0.497 e. The van der Waals surface area contributed by atoms with Gasteiger partial charge in [0.2, 0.25) is 0 Å². The Bertz CT molecular complexity index is 1030. The van der Waals surface area contributed by atoms with Crippen molar-refractivity contribution in [2.24, 2.45) is 0 Å². The summed E-state index contributed by atoms with van der Waals surface area (Å²) in [7, 11) is 1.66. The first-order valence-electron chi connectivity index (χ1n) is 7.78. The number of nitrogens with zero attached hydrogens (tertiary/aromatic N) is 2. The molecule has 0 aliphatic carbocycles. The van der Waals surface area contributed by atoms with Crippen LogP contribution in [0, 0.1) is 5.82 Å². The van der Waals surface area contributed by atoms with Crippen LogP contribution in [0.5, 0.6) is 5.75 Å². The van der Waals surface area contributed by atoms with E-state index >= 15 is 0 Å². The minimum atomic E-state index is -0.246. The van der Waals surface area contributed by atoms with Gasteiger partial charge < -0.3 is 9.14 Å². The molecular weight excluding hydrogens is 335 g/mol. The van der Waals surface area contributed by atoms with Crippen LogP contribution in [0.1, 0.15) is 0 Å². The Balaban J connectivity index is 1.64. The highest BCUT2D eigenvalue weighted by molar-refractivity contribution is 7.99. The van der Waals surface area contributed by atoms with Gasteiger partial charge in [-0.05, 0) is 54.6 Å². The fourth-order valence-electron chi connectivity index (χ4n) is 2.59. The van der Waals surface area contributed by atoms with Gasteiger partial charge in [-0.1, -0.05) is 17.8 Å². The lowest BCUT2D eigenvalue weighted by Crippen LogP contribution is -1.85. The Morgan fingerprint density at radius 1 is 0.960 bits per heavy atom. The van der Waals surface area contributed by atoms with E-state index in [1.165, 1.54) is 12.1 Å². The molecule has 4 aromatic rings. The lowest BCUT2D eigenvalue weighted by molar-refractivity contribution is 0.413. The number of hydrogen-bond acceptors (Lipinski definition) is 3. The molecule has 4 rings (SSSR count). The van der Waals surface area contributed by atoms with Gasteiger partial charge in [-0.2, -0.15) is 0 Å². The number of pyridine rings is 1. The zero-order chi connectivity index (χ0) is 17.2. The number of methoxy groups -OCH3 is 1. The summed E-state index contributed by atoms with van der Waals surface area (Å²) >= 11 is 1.66. The number of hydrogen-bond donors (Lipinski definition) is 0. The molecule has 0 N–H and O–H groups in total. The average molecular weight is 350 g/mol. The summed E-state index contributed by atoms with van der Waals surface area (Å²) in [6, 6.07) is 18.4. The molecule has 0 aliphatic rings. The maximum absolute atomic E-state index is 13.1. The van der Waals surface area contributed by atoms with Gasteiger partial charge in [0.25, 0.3) is 0 Å². The van der Waals surface area contributed by atoms with Crippen LogP contribution in [0.25, 0.3) is 16.9 Å². The van der Waals surface area contributed by atoms with Crippen LogP contribution in [-0.4, -0.2) is 16.5 Å². The first-order valence-corrected chi connectivity index (χ1v) is 8.59. The smallest absolute Gasteiger partial charge is 0.137 e. The summed E-state index contributed by atoms with van der Waals surface area (Å²) in [5, 5.41) is 0. The van der Waals surface area contributed by atoms with E-state index in [4.69, 9.17) is 4.74 Å². The van der Waals surface area contributed by atoms with Crippen LogP contribution >= 0.6 is 11.8 Å². The standard InChI is InChI=1S/C20H15FN2OS/c1-24-16-3-2-4-17(11-16)25-18-9-10-20-22-19(13-23(20)12-18)14-5-7-15(21)8-6-14/h2-13H,1H3. The molecule has 0 aliphatic heterocycles.